The number of amides is 3. The molecule has 3 rings (SSSR count). The van der Waals surface area contributed by atoms with Gasteiger partial charge in [0, 0.05) is 19.5 Å². The van der Waals surface area contributed by atoms with Crippen LogP contribution in [-0.2, 0) is 4.79 Å². The average molecular weight is 358 g/mol. The SMILES string of the molecule is NCC1(CC(=O)Nc2ccccc2NC(=O)N2CCCC2)CCCCC1. The Morgan fingerprint density at radius 3 is 2.19 bits per heavy atom. The molecule has 6 heteroatoms. The zero-order valence-corrected chi connectivity index (χ0v) is 15.4. The van der Waals surface area contributed by atoms with Gasteiger partial charge < -0.3 is 21.3 Å². The van der Waals surface area contributed by atoms with Gasteiger partial charge in [0.25, 0.3) is 0 Å². The van der Waals surface area contributed by atoms with Crippen LogP contribution in [0, 0.1) is 5.41 Å². The van der Waals surface area contributed by atoms with Crippen molar-refractivity contribution >= 4 is 23.3 Å². The first-order valence-corrected chi connectivity index (χ1v) is 9.77. The minimum Gasteiger partial charge on any atom is -0.330 e. The Kier molecular flexibility index (Phi) is 6.14. The highest BCUT2D eigenvalue weighted by atomic mass is 16.2. The molecule has 6 nitrogen and oxygen atoms in total. The summed E-state index contributed by atoms with van der Waals surface area (Å²) in [6.07, 6.45) is 8.10. The maximum absolute atomic E-state index is 12.6. The molecule has 0 spiro atoms. The quantitative estimate of drug-likeness (QED) is 0.752. The number of para-hydroxylation sites is 2. The van der Waals surface area contributed by atoms with Crippen LogP contribution in [0.15, 0.2) is 24.3 Å². The molecular formula is C20H30N4O2. The summed E-state index contributed by atoms with van der Waals surface area (Å²) >= 11 is 0. The molecule has 1 heterocycles. The first kappa shape index (κ1) is 18.7. The number of benzene rings is 1. The highest BCUT2D eigenvalue weighted by molar-refractivity contribution is 5.99. The summed E-state index contributed by atoms with van der Waals surface area (Å²) in [7, 11) is 0. The molecule has 4 N–H and O–H groups in total. The van der Waals surface area contributed by atoms with Crippen LogP contribution in [0.3, 0.4) is 0 Å². The van der Waals surface area contributed by atoms with Gasteiger partial charge in [0.2, 0.25) is 5.91 Å². The van der Waals surface area contributed by atoms with Gasteiger partial charge in [-0.05, 0) is 49.8 Å². The maximum atomic E-state index is 12.6. The summed E-state index contributed by atoms with van der Waals surface area (Å²) < 4.78 is 0. The van der Waals surface area contributed by atoms with E-state index in [-0.39, 0.29) is 17.4 Å². The number of anilines is 2. The first-order valence-electron chi connectivity index (χ1n) is 9.77. The second kappa shape index (κ2) is 8.54. The van der Waals surface area contributed by atoms with Crippen LogP contribution in [-0.4, -0.2) is 36.5 Å². The van der Waals surface area contributed by atoms with Gasteiger partial charge in [-0.3, -0.25) is 4.79 Å². The minimum absolute atomic E-state index is 0.0276. The Hall–Kier alpha value is -2.08. The van der Waals surface area contributed by atoms with Crippen molar-refractivity contribution in [2.24, 2.45) is 11.1 Å². The standard InChI is InChI=1S/C20H30N4O2/c21-15-20(10-4-1-5-11-20)14-18(25)22-16-8-2-3-9-17(16)23-19(26)24-12-6-7-13-24/h2-3,8-9H,1,4-7,10-15,21H2,(H,22,25)(H,23,26). The van der Waals surface area contributed by atoms with E-state index in [1.807, 2.05) is 29.2 Å². The fourth-order valence-corrected chi connectivity index (χ4v) is 4.11. The largest absolute Gasteiger partial charge is 0.330 e. The van der Waals surface area contributed by atoms with Crippen molar-refractivity contribution in [1.29, 1.82) is 0 Å². The molecule has 1 aromatic rings. The highest BCUT2D eigenvalue weighted by Crippen LogP contribution is 2.38. The van der Waals surface area contributed by atoms with Gasteiger partial charge in [-0.2, -0.15) is 0 Å². The van der Waals surface area contributed by atoms with Crippen LogP contribution in [0.5, 0.6) is 0 Å². The Morgan fingerprint density at radius 1 is 0.962 bits per heavy atom. The molecule has 1 saturated heterocycles. The van der Waals surface area contributed by atoms with E-state index >= 15 is 0 Å². The topological polar surface area (TPSA) is 87.5 Å². The third-order valence-electron chi connectivity index (χ3n) is 5.72. The second-order valence-electron chi connectivity index (χ2n) is 7.66. The molecule has 1 aliphatic heterocycles. The smallest absolute Gasteiger partial charge is 0.321 e. The number of nitrogens with two attached hydrogens (primary N) is 1. The zero-order valence-electron chi connectivity index (χ0n) is 15.4. The van der Waals surface area contributed by atoms with Crippen molar-refractivity contribution in [2.75, 3.05) is 30.3 Å². The summed E-state index contributed by atoms with van der Waals surface area (Å²) in [5.74, 6) is -0.0276. The molecule has 26 heavy (non-hydrogen) atoms. The first-order chi connectivity index (χ1) is 12.6. The summed E-state index contributed by atoms with van der Waals surface area (Å²) in [5.41, 5.74) is 7.22. The lowest BCUT2D eigenvalue weighted by Gasteiger charge is -2.35. The van der Waals surface area contributed by atoms with E-state index in [1.54, 1.807) is 0 Å². The molecule has 2 aliphatic rings. The van der Waals surface area contributed by atoms with Crippen LogP contribution in [0.1, 0.15) is 51.4 Å². The molecule has 0 unspecified atom stereocenters. The van der Waals surface area contributed by atoms with Gasteiger partial charge in [0.15, 0.2) is 0 Å². The number of rotatable bonds is 5. The van der Waals surface area contributed by atoms with E-state index in [4.69, 9.17) is 5.73 Å². The minimum atomic E-state index is -0.102. The second-order valence-corrected chi connectivity index (χ2v) is 7.66. The molecule has 0 radical (unpaired) electrons. The molecule has 0 aromatic heterocycles. The predicted octanol–water partition coefficient (Wildman–Crippen LogP) is 3.55. The number of urea groups is 1. The van der Waals surface area contributed by atoms with Crippen LogP contribution >= 0.6 is 0 Å². The van der Waals surface area contributed by atoms with E-state index in [9.17, 15) is 9.59 Å². The number of carbonyl (C=O) groups is 2. The Bertz CT molecular complexity index is 634. The number of nitrogens with zero attached hydrogens (tertiary/aromatic N) is 1. The molecule has 2 fully saturated rings. The Morgan fingerprint density at radius 2 is 1.58 bits per heavy atom. The molecule has 1 aromatic carbocycles. The highest BCUT2D eigenvalue weighted by Gasteiger charge is 2.33. The monoisotopic (exact) mass is 358 g/mol. The van der Waals surface area contributed by atoms with Gasteiger partial charge in [-0.25, -0.2) is 4.79 Å². The number of hydrogen-bond donors (Lipinski definition) is 3. The van der Waals surface area contributed by atoms with Crippen molar-refractivity contribution < 1.29 is 9.59 Å². The lowest BCUT2D eigenvalue weighted by Crippen LogP contribution is -2.36. The van der Waals surface area contributed by atoms with Gasteiger partial charge in [-0.15, -0.1) is 0 Å². The summed E-state index contributed by atoms with van der Waals surface area (Å²) in [4.78, 5) is 26.8. The number of likely N-dealkylation sites (tertiary alicyclic amines) is 1. The lowest BCUT2D eigenvalue weighted by molar-refractivity contribution is -0.118. The average Bonchev–Trinajstić information content (AvgIpc) is 3.19. The number of carbonyl (C=O) groups excluding carboxylic acids is 2. The maximum Gasteiger partial charge on any atom is 0.321 e. The van der Waals surface area contributed by atoms with E-state index in [1.165, 1.54) is 6.42 Å². The summed E-state index contributed by atoms with van der Waals surface area (Å²) in [6.45, 7) is 2.13. The van der Waals surface area contributed by atoms with E-state index in [2.05, 4.69) is 10.6 Å². The van der Waals surface area contributed by atoms with E-state index in [0.717, 1.165) is 51.6 Å². The number of nitrogens with one attached hydrogen (secondary N) is 2. The fourth-order valence-electron chi connectivity index (χ4n) is 4.11. The van der Waals surface area contributed by atoms with Crippen molar-refractivity contribution in [3.8, 4) is 0 Å². The molecule has 3 amide bonds. The molecule has 142 valence electrons. The normalized spacial score (nSPS) is 19.2. The number of hydrogen-bond acceptors (Lipinski definition) is 3. The van der Waals surface area contributed by atoms with Crippen LogP contribution < -0.4 is 16.4 Å². The van der Waals surface area contributed by atoms with Crippen molar-refractivity contribution in [2.45, 2.75) is 51.4 Å². The predicted molar refractivity (Wildman–Crippen MR) is 104 cm³/mol. The summed E-state index contributed by atoms with van der Waals surface area (Å²) in [5, 5.41) is 5.92. The molecule has 1 saturated carbocycles. The van der Waals surface area contributed by atoms with Crippen LogP contribution in [0.25, 0.3) is 0 Å². The fraction of sp³-hybridized carbons (Fsp3) is 0.600. The van der Waals surface area contributed by atoms with Crippen molar-refractivity contribution in [3.63, 3.8) is 0 Å². The van der Waals surface area contributed by atoms with E-state index < -0.39 is 0 Å². The van der Waals surface area contributed by atoms with Crippen LogP contribution in [0.4, 0.5) is 16.2 Å². The van der Waals surface area contributed by atoms with Crippen LogP contribution in [0.2, 0.25) is 0 Å². The van der Waals surface area contributed by atoms with Gasteiger partial charge in [0.1, 0.15) is 0 Å². The molecule has 0 bridgehead atoms. The lowest BCUT2D eigenvalue weighted by atomic mass is 9.71. The zero-order chi connectivity index (χ0) is 18.4. The van der Waals surface area contributed by atoms with Crippen molar-refractivity contribution in [1.82, 2.24) is 4.90 Å². The Balaban J connectivity index is 1.63. The van der Waals surface area contributed by atoms with Gasteiger partial charge in [-0.1, -0.05) is 31.4 Å². The molecule has 1 aliphatic carbocycles. The van der Waals surface area contributed by atoms with E-state index in [0.29, 0.717) is 24.3 Å². The van der Waals surface area contributed by atoms with Gasteiger partial charge >= 0.3 is 6.03 Å². The van der Waals surface area contributed by atoms with Gasteiger partial charge in [0.05, 0.1) is 11.4 Å². The molecule has 0 atom stereocenters. The van der Waals surface area contributed by atoms with Crippen molar-refractivity contribution in [3.05, 3.63) is 24.3 Å². The molecular weight excluding hydrogens is 328 g/mol. The third kappa shape index (κ3) is 4.55. The Labute approximate surface area is 155 Å². The third-order valence-corrected chi connectivity index (χ3v) is 5.72. The summed E-state index contributed by atoms with van der Waals surface area (Å²) in [6, 6.07) is 7.27.